The number of hydrogen-bond acceptors (Lipinski definition) is 4. The van der Waals surface area contributed by atoms with Crippen molar-refractivity contribution >= 4 is 5.91 Å². The van der Waals surface area contributed by atoms with E-state index in [0.717, 1.165) is 42.4 Å². The van der Waals surface area contributed by atoms with Crippen LogP contribution in [0.4, 0.5) is 0 Å². The summed E-state index contributed by atoms with van der Waals surface area (Å²) in [5.41, 5.74) is 3.11. The van der Waals surface area contributed by atoms with E-state index < -0.39 is 30.3 Å². The average molecular weight is 536 g/mol. The quantitative estimate of drug-likeness (QED) is 0.243. The van der Waals surface area contributed by atoms with Crippen LogP contribution in [-0.2, 0) is 17.6 Å². The van der Waals surface area contributed by atoms with Gasteiger partial charge in [-0.15, -0.1) is 0 Å². The second kappa shape index (κ2) is 15.0. The second-order valence-corrected chi connectivity index (χ2v) is 12.2. The third-order valence-corrected chi connectivity index (χ3v) is 9.09. The summed E-state index contributed by atoms with van der Waals surface area (Å²) in [6.45, 7) is 2.13. The molecule has 0 radical (unpaired) electrons. The van der Waals surface area contributed by atoms with E-state index in [1.807, 2.05) is 54.6 Å². The highest BCUT2D eigenvalue weighted by Gasteiger charge is 2.35. The number of carbonyl (C=O) groups excluding carboxylic acids is 1. The van der Waals surface area contributed by atoms with E-state index in [4.69, 9.17) is 0 Å². The number of aliphatic hydroxyl groups excluding tert-OH is 3. The van der Waals surface area contributed by atoms with Gasteiger partial charge >= 0.3 is 0 Å². The van der Waals surface area contributed by atoms with Crippen molar-refractivity contribution < 1.29 is 20.1 Å². The van der Waals surface area contributed by atoms with Crippen LogP contribution >= 0.6 is 0 Å². The summed E-state index contributed by atoms with van der Waals surface area (Å²) in [5, 5.41) is 36.4. The maximum absolute atomic E-state index is 13.8. The van der Waals surface area contributed by atoms with E-state index in [9.17, 15) is 20.1 Å². The number of unbranched alkanes of at least 4 members (excludes halogenated alkanes) is 1. The smallest absolute Gasteiger partial charge is 0.224 e. The van der Waals surface area contributed by atoms with Gasteiger partial charge in [0.15, 0.2) is 0 Å². The summed E-state index contributed by atoms with van der Waals surface area (Å²) in [6.07, 6.45) is 10.2. The van der Waals surface area contributed by atoms with Gasteiger partial charge in [-0.1, -0.05) is 106 Å². The third-order valence-electron chi connectivity index (χ3n) is 9.09. The fourth-order valence-corrected chi connectivity index (χ4v) is 6.85. The molecule has 0 saturated heterocycles. The number of rotatable bonds is 14. The van der Waals surface area contributed by atoms with Crippen LogP contribution in [0.2, 0.25) is 0 Å². The first kappa shape index (κ1) is 29.8. The number of nitrogens with one attached hydrogen (secondary N) is 1. The van der Waals surface area contributed by atoms with Crippen molar-refractivity contribution in [1.29, 1.82) is 0 Å². The van der Waals surface area contributed by atoms with Gasteiger partial charge in [0.25, 0.3) is 0 Å². The lowest BCUT2D eigenvalue weighted by Crippen LogP contribution is -2.40. The van der Waals surface area contributed by atoms with Crippen LogP contribution in [0.1, 0.15) is 100 Å². The molecule has 39 heavy (non-hydrogen) atoms. The highest BCUT2D eigenvalue weighted by atomic mass is 16.3. The Morgan fingerprint density at radius 1 is 0.974 bits per heavy atom. The van der Waals surface area contributed by atoms with Crippen molar-refractivity contribution in [3.05, 3.63) is 71.3 Å². The summed E-state index contributed by atoms with van der Waals surface area (Å²) in [4.78, 5) is 13.8. The lowest BCUT2D eigenvalue weighted by atomic mass is 9.77. The number of hydrogen-bond donors (Lipinski definition) is 4. The summed E-state index contributed by atoms with van der Waals surface area (Å²) in [7, 11) is 0. The molecule has 2 aliphatic rings. The summed E-state index contributed by atoms with van der Waals surface area (Å²) in [6, 6.07) is 17.5. The third kappa shape index (κ3) is 8.64. The Bertz CT molecular complexity index is 1010. The number of carbonyl (C=O) groups is 1. The van der Waals surface area contributed by atoms with Gasteiger partial charge in [-0.3, -0.25) is 4.79 Å². The van der Waals surface area contributed by atoms with Crippen LogP contribution in [-0.4, -0.2) is 39.5 Å². The maximum atomic E-state index is 13.8. The van der Waals surface area contributed by atoms with Crippen LogP contribution in [0.3, 0.4) is 0 Å². The number of amides is 1. The Kier molecular flexibility index (Phi) is 11.4. The number of benzene rings is 2. The predicted octanol–water partition coefficient (Wildman–Crippen LogP) is 5.90. The van der Waals surface area contributed by atoms with E-state index in [1.54, 1.807) is 0 Å². The van der Waals surface area contributed by atoms with Crippen molar-refractivity contribution in [2.24, 2.45) is 17.8 Å². The molecule has 5 heteroatoms. The standard InChI is InChI=1S/C34H49NO4/c1-2-3-17-29(36)21-27(19-24-12-6-4-7-13-24)31(37)23-28(20-25-14-8-5-9-15-25)34(39)35-33-30-18-11-10-16-26(30)22-32(33)38/h5,8-11,14-16,18,24,27-29,31-33,36-38H,2-4,6-7,12-13,17,19-23H2,1H3,(H,35,39)/t27-,28-,29?,31+,32-,33+/m1/s1. The van der Waals surface area contributed by atoms with Crippen LogP contribution in [0, 0.1) is 17.8 Å². The topological polar surface area (TPSA) is 89.8 Å². The molecule has 1 unspecified atom stereocenters. The van der Waals surface area contributed by atoms with E-state index in [0.29, 0.717) is 31.6 Å². The molecule has 0 aromatic heterocycles. The molecule has 0 spiro atoms. The molecule has 1 saturated carbocycles. The molecule has 0 bridgehead atoms. The molecule has 6 atom stereocenters. The fraction of sp³-hybridized carbons (Fsp3) is 0.618. The Hall–Kier alpha value is -2.21. The highest BCUT2D eigenvalue weighted by Crippen LogP contribution is 2.35. The number of fused-ring (bicyclic) bond motifs is 1. The molecule has 2 aromatic carbocycles. The van der Waals surface area contributed by atoms with Gasteiger partial charge in [-0.05, 0) is 60.6 Å². The molecule has 1 amide bonds. The van der Waals surface area contributed by atoms with Crippen LogP contribution < -0.4 is 5.32 Å². The van der Waals surface area contributed by atoms with Gasteiger partial charge in [0.2, 0.25) is 5.91 Å². The SMILES string of the molecule is CCCCC(O)C[C@@H](CC1CCCCC1)[C@@H](O)C[C@@H](Cc1ccccc1)C(=O)N[C@H]1c2ccccc2C[C@H]1O. The van der Waals surface area contributed by atoms with Crippen molar-refractivity contribution in [2.75, 3.05) is 0 Å². The first-order valence-electron chi connectivity index (χ1n) is 15.4. The maximum Gasteiger partial charge on any atom is 0.224 e. The molecular weight excluding hydrogens is 486 g/mol. The Morgan fingerprint density at radius 2 is 1.69 bits per heavy atom. The molecule has 214 valence electrons. The van der Waals surface area contributed by atoms with Crippen LogP contribution in [0.15, 0.2) is 54.6 Å². The van der Waals surface area contributed by atoms with Crippen molar-refractivity contribution in [2.45, 2.75) is 115 Å². The molecule has 1 fully saturated rings. The lowest BCUT2D eigenvalue weighted by Gasteiger charge is -2.32. The first-order valence-corrected chi connectivity index (χ1v) is 15.4. The van der Waals surface area contributed by atoms with Gasteiger partial charge < -0.3 is 20.6 Å². The van der Waals surface area contributed by atoms with Gasteiger partial charge in [-0.25, -0.2) is 0 Å². The molecular formula is C34H49NO4. The van der Waals surface area contributed by atoms with Gasteiger partial charge in [0.05, 0.1) is 24.4 Å². The van der Waals surface area contributed by atoms with E-state index in [-0.39, 0.29) is 11.8 Å². The molecule has 0 aliphatic heterocycles. The fourth-order valence-electron chi connectivity index (χ4n) is 6.85. The molecule has 4 rings (SSSR count). The van der Waals surface area contributed by atoms with Gasteiger partial charge in [0, 0.05) is 12.3 Å². The predicted molar refractivity (Wildman–Crippen MR) is 156 cm³/mol. The van der Waals surface area contributed by atoms with Gasteiger partial charge in [0.1, 0.15) is 0 Å². The molecule has 5 nitrogen and oxygen atoms in total. The average Bonchev–Trinajstić information content (AvgIpc) is 3.26. The molecule has 4 N–H and O–H groups in total. The minimum Gasteiger partial charge on any atom is -0.393 e. The van der Waals surface area contributed by atoms with E-state index >= 15 is 0 Å². The summed E-state index contributed by atoms with van der Waals surface area (Å²) < 4.78 is 0. The van der Waals surface area contributed by atoms with E-state index in [1.165, 1.54) is 32.1 Å². The molecule has 2 aliphatic carbocycles. The number of aliphatic hydroxyl groups is 3. The van der Waals surface area contributed by atoms with Crippen LogP contribution in [0.5, 0.6) is 0 Å². The minimum absolute atomic E-state index is 0.0242. The first-order chi connectivity index (χ1) is 18.9. The van der Waals surface area contributed by atoms with Crippen molar-refractivity contribution in [3.8, 4) is 0 Å². The van der Waals surface area contributed by atoms with Crippen molar-refractivity contribution in [3.63, 3.8) is 0 Å². The van der Waals surface area contributed by atoms with Crippen molar-refractivity contribution in [1.82, 2.24) is 5.32 Å². The monoisotopic (exact) mass is 535 g/mol. The Balaban J connectivity index is 1.49. The largest absolute Gasteiger partial charge is 0.393 e. The molecule has 2 aromatic rings. The Labute approximate surface area is 235 Å². The lowest BCUT2D eigenvalue weighted by molar-refractivity contribution is -0.128. The summed E-state index contributed by atoms with van der Waals surface area (Å²) >= 11 is 0. The minimum atomic E-state index is -0.663. The summed E-state index contributed by atoms with van der Waals surface area (Å²) in [5.74, 6) is 0.0118. The normalized spacial score (nSPS) is 22.6. The zero-order valence-electron chi connectivity index (χ0n) is 23.7. The Morgan fingerprint density at radius 3 is 2.44 bits per heavy atom. The van der Waals surface area contributed by atoms with Crippen LogP contribution in [0.25, 0.3) is 0 Å². The van der Waals surface area contributed by atoms with Gasteiger partial charge in [-0.2, -0.15) is 0 Å². The zero-order chi connectivity index (χ0) is 27.6. The zero-order valence-corrected chi connectivity index (χ0v) is 23.7. The second-order valence-electron chi connectivity index (χ2n) is 12.2. The molecule has 0 heterocycles. The van der Waals surface area contributed by atoms with E-state index in [2.05, 4.69) is 12.2 Å². The highest BCUT2D eigenvalue weighted by molar-refractivity contribution is 5.79.